The van der Waals surface area contributed by atoms with Gasteiger partial charge in [0.1, 0.15) is 0 Å². The summed E-state index contributed by atoms with van der Waals surface area (Å²) in [5, 5.41) is 9.93. The first-order valence-electron chi connectivity index (χ1n) is 6.81. The first kappa shape index (κ1) is 15.8. The predicted octanol–water partition coefficient (Wildman–Crippen LogP) is 3.54. The molecule has 0 heterocycles. The molecule has 22 heavy (non-hydrogen) atoms. The third-order valence-corrected chi connectivity index (χ3v) is 6.82. The number of sulfone groups is 1. The maximum Gasteiger partial charge on any atom is 0.182 e. The van der Waals surface area contributed by atoms with E-state index in [-0.39, 0.29) is 23.3 Å². The molecule has 0 amide bonds. The molecule has 0 bridgehead atoms. The minimum atomic E-state index is -3.52. The third-order valence-electron chi connectivity index (χ3n) is 4.04. The van der Waals surface area contributed by atoms with E-state index in [9.17, 15) is 13.5 Å². The number of halogens is 2. The molecule has 1 aliphatic rings. The molecule has 0 saturated heterocycles. The third kappa shape index (κ3) is 2.76. The monoisotopic (exact) mass is 356 g/mol. The van der Waals surface area contributed by atoms with Gasteiger partial charge < -0.3 is 5.11 Å². The molecule has 3 rings (SSSR count). The van der Waals surface area contributed by atoms with E-state index in [0.717, 1.165) is 5.56 Å². The van der Waals surface area contributed by atoms with Gasteiger partial charge >= 0.3 is 0 Å². The zero-order valence-electron chi connectivity index (χ0n) is 11.5. The highest BCUT2D eigenvalue weighted by molar-refractivity contribution is 7.92. The minimum absolute atomic E-state index is 0.172. The van der Waals surface area contributed by atoms with Crippen LogP contribution in [0.3, 0.4) is 0 Å². The van der Waals surface area contributed by atoms with E-state index in [0.29, 0.717) is 10.0 Å². The molecule has 3 nitrogen and oxygen atoms in total. The maximum absolute atomic E-state index is 12.8. The van der Waals surface area contributed by atoms with Gasteiger partial charge in [-0.2, -0.15) is 0 Å². The molecule has 1 saturated carbocycles. The molecule has 0 unspecified atom stereocenters. The Morgan fingerprint density at radius 1 is 1.00 bits per heavy atom. The molecule has 116 valence electrons. The van der Waals surface area contributed by atoms with Gasteiger partial charge in [-0.3, -0.25) is 0 Å². The van der Waals surface area contributed by atoms with Crippen LogP contribution in [0.15, 0.2) is 53.4 Å². The molecule has 1 fully saturated rings. The van der Waals surface area contributed by atoms with Crippen LogP contribution in [0, 0.1) is 5.92 Å². The number of aliphatic hydroxyl groups is 1. The molecule has 3 atom stereocenters. The summed E-state index contributed by atoms with van der Waals surface area (Å²) in [7, 11) is -3.52. The van der Waals surface area contributed by atoms with Crippen LogP contribution in [0.1, 0.15) is 11.5 Å². The average Bonchev–Trinajstić information content (AvgIpc) is 3.23. The van der Waals surface area contributed by atoms with Crippen LogP contribution in [-0.4, -0.2) is 25.4 Å². The van der Waals surface area contributed by atoms with Crippen molar-refractivity contribution in [2.24, 2.45) is 5.92 Å². The quantitative estimate of drug-likeness (QED) is 0.911. The topological polar surface area (TPSA) is 54.4 Å². The van der Waals surface area contributed by atoms with Crippen LogP contribution in [0.2, 0.25) is 10.0 Å². The summed E-state index contributed by atoms with van der Waals surface area (Å²) in [6, 6.07) is 13.2. The molecule has 2 aromatic carbocycles. The molecular formula is C16H14Cl2O3S. The van der Waals surface area contributed by atoms with Gasteiger partial charge in [0.2, 0.25) is 0 Å². The second-order valence-corrected chi connectivity index (χ2v) is 8.37. The second kappa shape index (κ2) is 5.85. The van der Waals surface area contributed by atoms with Crippen molar-refractivity contribution in [1.82, 2.24) is 0 Å². The van der Waals surface area contributed by atoms with E-state index in [2.05, 4.69) is 0 Å². The largest absolute Gasteiger partial charge is 0.396 e. The van der Waals surface area contributed by atoms with Crippen molar-refractivity contribution in [3.63, 3.8) is 0 Å². The van der Waals surface area contributed by atoms with Crippen molar-refractivity contribution < 1.29 is 13.5 Å². The molecule has 6 heteroatoms. The Morgan fingerprint density at radius 2 is 1.68 bits per heavy atom. The van der Waals surface area contributed by atoms with Crippen LogP contribution in [0.25, 0.3) is 0 Å². The van der Waals surface area contributed by atoms with Gasteiger partial charge in [0.25, 0.3) is 0 Å². The zero-order chi connectivity index (χ0) is 15.9. The number of hydrogen-bond acceptors (Lipinski definition) is 3. The summed E-state index contributed by atoms with van der Waals surface area (Å²) < 4.78 is 25.5. The highest BCUT2D eigenvalue weighted by Crippen LogP contribution is 2.53. The van der Waals surface area contributed by atoms with Crippen molar-refractivity contribution in [2.45, 2.75) is 16.1 Å². The Balaban J connectivity index is 1.95. The fourth-order valence-corrected chi connectivity index (χ4v) is 5.44. The molecule has 0 radical (unpaired) electrons. The van der Waals surface area contributed by atoms with E-state index >= 15 is 0 Å². The fraction of sp³-hybridized carbons (Fsp3) is 0.250. The van der Waals surface area contributed by atoms with Crippen LogP contribution in [0.4, 0.5) is 0 Å². The van der Waals surface area contributed by atoms with Crippen molar-refractivity contribution in [3.8, 4) is 0 Å². The van der Waals surface area contributed by atoms with Crippen LogP contribution >= 0.6 is 23.2 Å². The van der Waals surface area contributed by atoms with Gasteiger partial charge in [-0.15, -0.1) is 0 Å². The van der Waals surface area contributed by atoms with Crippen molar-refractivity contribution in [2.75, 3.05) is 6.61 Å². The number of aliphatic hydroxyl groups excluding tert-OH is 1. The van der Waals surface area contributed by atoms with E-state index in [1.165, 1.54) is 12.1 Å². The Bertz CT molecular complexity index is 787. The highest BCUT2D eigenvalue weighted by atomic mass is 35.5. The van der Waals surface area contributed by atoms with E-state index in [1.807, 2.05) is 6.07 Å². The lowest BCUT2D eigenvalue weighted by Crippen LogP contribution is -2.11. The van der Waals surface area contributed by atoms with Crippen LogP contribution in [0.5, 0.6) is 0 Å². The maximum atomic E-state index is 12.8. The molecule has 2 aromatic rings. The van der Waals surface area contributed by atoms with Gasteiger partial charge in [0.15, 0.2) is 9.84 Å². The lowest BCUT2D eigenvalue weighted by molar-refractivity contribution is 0.274. The van der Waals surface area contributed by atoms with Gasteiger partial charge in [0.05, 0.1) is 10.1 Å². The smallest absolute Gasteiger partial charge is 0.182 e. The standard InChI is InChI=1S/C16H14Cl2O3S/c17-11-4-6-13(7-5-11)22(20,21)16-14(9-19)15(16)10-2-1-3-12(18)8-10/h1-8,14-16,19H,9H2/t14-,15+,16+/m1/s1. The second-order valence-electron chi connectivity index (χ2n) is 5.39. The van der Waals surface area contributed by atoms with Crippen LogP contribution < -0.4 is 0 Å². The minimum Gasteiger partial charge on any atom is -0.396 e. The summed E-state index contributed by atoms with van der Waals surface area (Å²) in [4.78, 5) is 0.227. The number of rotatable bonds is 4. The highest BCUT2D eigenvalue weighted by Gasteiger charge is 2.58. The lowest BCUT2D eigenvalue weighted by atomic mass is 10.1. The van der Waals surface area contributed by atoms with E-state index < -0.39 is 15.1 Å². The lowest BCUT2D eigenvalue weighted by Gasteiger charge is -2.05. The molecular weight excluding hydrogens is 343 g/mol. The van der Waals surface area contributed by atoms with E-state index in [4.69, 9.17) is 23.2 Å². The van der Waals surface area contributed by atoms with Crippen molar-refractivity contribution in [1.29, 1.82) is 0 Å². The van der Waals surface area contributed by atoms with Crippen LogP contribution in [-0.2, 0) is 9.84 Å². The van der Waals surface area contributed by atoms with Gasteiger partial charge in [-0.25, -0.2) is 8.42 Å². The fourth-order valence-electron chi connectivity index (χ4n) is 2.92. The first-order valence-corrected chi connectivity index (χ1v) is 9.11. The SMILES string of the molecule is O=S(=O)(c1ccc(Cl)cc1)[C@H]1[C@H](CO)[C@@H]1c1cccc(Cl)c1. The Morgan fingerprint density at radius 3 is 2.27 bits per heavy atom. The Labute approximate surface area is 139 Å². The molecule has 0 aliphatic heterocycles. The number of benzene rings is 2. The first-order chi connectivity index (χ1) is 10.4. The summed E-state index contributed by atoms with van der Waals surface area (Å²) >= 11 is 11.8. The van der Waals surface area contributed by atoms with E-state index in [1.54, 1.807) is 30.3 Å². The van der Waals surface area contributed by atoms with Crippen molar-refractivity contribution in [3.05, 3.63) is 64.1 Å². The van der Waals surface area contributed by atoms with Gasteiger partial charge in [-0.1, -0.05) is 35.3 Å². The normalized spacial score (nSPS) is 24.2. The van der Waals surface area contributed by atoms with Gasteiger partial charge in [-0.05, 0) is 42.0 Å². The zero-order valence-corrected chi connectivity index (χ0v) is 13.8. The van der Waals surface area contributed by atoms with Gasteiger partial charge in [0, 0.05) is 28.5 Å². The Kier molecular flexibility index (Phi) is 4.21. The molecule has 0 spiro atoms. The molecule has 1 N–H and O–H groups in total. The predicted molar refractivity (Wildman–Crippen MR) is 87.2 cm³/mol. The Hall–Kier alpha value is -1.07. The number of hydrogen-bond donors (Lipinski definition) is 1. The summed E-state index contributed by atoms with van der Waals surface area (Å²) in [5.74, 6) is -0.538. The summed E-state index contributed by atoms with van der Waals surface area (Å²) in [6.45, 7) is -0.172. The molecule has 1 aliphatic carbocycles. The summed E-state index contributed by atoms with van der Waals surface area (Å²) in [5.41, 5.74) is 0.842. The molecule has 0 aromatic heterocycles. The average molecular weight is 357 g/mol. The summed E-state index contributed by atoms with van der Waals surface area (Å²) in [6.07, 6.45) is 0. The van der Waals surface area contributed by atoms with Crippen molar-refractivity contribution >= 4 is 33.0 Å².